The fraction of sp³-hybridized carbons (Fsp3) is 0. The molecule has 0 N–H and O–H groups in total. The average Bonchev–Trinajstić information content (AvgIpc) is 1.12. The third kappa shape index (κ3) is 203. The van der Waals surface area contributed by atoms with Crippen molar-refractivity contribution in [1.82, 2.24) is 0 Å². The van der Waals surface area contributed by atoms with E-state index in [0.717, 1.165) is 0 Å². The summed E-state index contributed by atoms with van der Waals surface area (Å²) in [5.41, 5.74) is 0. The molecular weight excluding hydrogens is 328 g/mol. The van der Waals surface area contributed by atoms with E-state index < -0.39 is 22.7 Å². The summed E-state index contributed by atoms with van der Waals surface area (Å²) in [6.45, 7) is 0. The summed E-state index contributed by atoms with van der Waals surface area (Å²) in [5, 5.41) is 0. The summed E-state index contributed by atoms with van der Waals surface area (Å²) >= 11 is -5.75. The van der Waals surface area contributed by atoms with Crippen LogP contribution in [0.2, 0.25) is 0 Å². The summed E-state index contributed by atoms with van der Waals surface area (Å²) in [6, 6.07) is 0. The van der Waals surface area contributed by atoms with Crippen LogP contribution in [0.5, 0.6) is 0 Å². The van der Waals surface area contributed by atoms with E-state index in [4.69, 9.17) is 35.1 Å². The second-order valence-electron chi connectivity index (χ2n) is 0.908. The van der Waals surface area contributed by atoms with Crippen molar-refractivity contribution in [2.75, 3.05) is 0 Å². The van der Waals surface area contributed by atoms with Crippen LogP contribution in [-0.4, -0.2) is 122 Å². The molecular formula is Ca3CrO8Si. The van der Waals surface area contributed by atoms with E-state index in [1.807, 2.05) is 0 Å². The molecule has 64 valence electrons. The van der Waals surface area contributed by atoms with Crippen molar-refractivity contribution in [3.63, 3.8) is 0 Å². The molecule has 0 aliphatic carbocycles. The van der Waals surface area contributed by atoms with E-state index >= 15 is 0 Å². The molecule has 0 rings (SSSR count). The quantitative estimate of drug-likeness (QED) is 0.394. The average molecular weight is 328 g/mol. The molecule has 0 spiro atoms. The monoisotopic (exact) mass is 328 g/mol. The van der Waals surface area contributed by atoms with Gasteiger partial charge in [0, 0.05) is 0 Å². The first kappa shape index (κ1) is 30.2. The van der Waals surface area contributed by atoms with Crippen LogP contribution in [0.15, 0.2) is 0 Å². The molecule has 8 nitrogen and oxygen atoms in total. The molecule has 0 bridgehead atoms. The van der Waals surface area contributed by atoms with Crippen molar-refractivity contribution in [2.24, 2.45) is 0 Å². The number of rotatable bonds is 0. The molecule has 0 aliphatic heterocycles. The molecule has 0 heterocycles. The van der Waals surface area contributed by atoms with Gasteiger partial charge >= 0.3 is 143 Å². The maximum atomic E-state index is 8.59. The van der Waals surface area contributed by atoms with Gasteiger partial charge in [-0.3, -0.25) is 0 Å². The van der Waals surface area contributed by atoms with E-state index in [1.54, 1.807) is 0 Å². The zero-order chi connectivity index (χ0) is 9.00. The standard InChI is InChI=1S/3Ca.Cr.O4Si.4O/c;;;;1-5(2,3)4;;;;/q3*+2;;-4;;;2*-1. The zero-order valence-electron chi connectivity index (χ0n) is 6.30. The summed E-state index contributed by atoms with van der Waals surface area (Å²) in [7, 11) is -5.61. The Bertz CT molecular complexity index is 154. The van der Waals surface area contributed by atoms with Gasteiger partial charge in [0.2, 0.25) is 0 Å². The molecule has 0 aromatic rings. The molecule has 0 atom stereocenters. The molecule has 0 unspecified atom stereocenters. The third-order valence-electron chi connectivity index (χ3n) is 0. The molecule has 0 aromatic heterocycles. The Hall–Kier alpha value is 3.89. The second-order valence-corrected chi connectivity index (χ2v) is 3.18. The van der Waals surface area contributed by atoms with E-state index in [9.17, 15) is 0 Å². The summed E-state index contributed by atoms with van der Waals surface area (Å²) in [5.74, 6) is 0. The SMILES string of the molecule is [Ca+2].[Ca+2].[Ca+2].[O-][Si]([O-])([O-])[O-].[O]=[Cr](=[O])([O-])[O-]. The van der Waals surface area contributed by atoms with Crippen molar-refractivity contribution in [2.45, 2.75) is 0 Å². The van der Waals surface area contributed by atoms with Gasteiger partial charge in [-0.05, 0) is 0 Å². The molecule has 13 heavy (non-hydrogen) atoms. The first-order valence-corrected chi connectivity index (χ1v) is 5.20. The van der Waals surface area contributed by atoms with E-state index in [-0.39, 0.29) is 113 Å². The van der Waals surface area contributed by atoms with Gasteiger partial charge < -0.3 is 28.2 Å². The second kappa shape index (κ2) is 14.0. The zero-order valence-corrected chi connectivity index (χ0v) is 15.2. The maximum absolute atomic E-state index is 8.59. The predicted octanol–water partition coefficient (Wildman–Crippen LogP) is -8.90. The summed E-state index contributed by atoms with van der Waals surface area (Å²) < 4.78 is 34.4. The molecule has 0 aromatic carbocycles. The van der Waals surface area contributed by atoms with Crippen LogP contribution in [0, 0.1) is 0 Å². The van der Waals surface area contributed by atoms with Crippen LogP contribution in [0.3, 0.4) is 0 Å². The first-order valence-electron chi connectivity index (χ1n) is 1.48. The van der Waals surface area contributed by atoms with Crippen molar-refractivity contribution in [1.29, 1.82) is 0 Å². The first-order chi connectivity index (χ1) is 4.00. The Morgan fingerprint density at radius 3 is 0.769 bits per heavy atom. The van der Waals surface area contributed by atoms with Crippen molar-refractivity contribution < 1.29 is 48.7 Å². The molecule has 0 amide bonds. The number of hydrogen-bond donors (Lipinski definition) is 0. The Kier molecular flexibility index (Phi) is 32.4. The molecule has 0 saturated carbocycles. The van der Waals surface area contributed by atoms with Crippen LogP contribution >= 0.6 is 0 Å². The Morgan fingerprint density at radius 2 is 0.769 bits per heavy atom. The minimum atomic E-state index is -5.75. The predicted molar refractivity (Wildman–Crippen MR) is 24.4 cm³/mol. The summed E-state index contributed by atoms with van der Waals surface area (Å²) in [4.78, 5) is 34.3. The van der Waals surface area contributed by atoms with Gasteiger partial charge in [-0.1, -0.05) is 0 Å². The third-order valence-corrected chi connectivity index (χ3v) is 0. The Morgan fingerprint density at radius 1 is 0.769 bits per heavy atom. The fourth-order valence-corrected chi connectivity index (χ4v) is 0. The van der Waals surface area contributed by atoms with Gasteiger partial charge in [0.05, 0.1) is 0 Å². The summed E-state index contributed by atoms with van der Waals surface area (Å²) in [6.07, 6.45) is 0. The molecule has 13 heteroatoms. The minimum absolute atomic E-state index is 0. The van der Waals surface area contributed by atoms with Crippen LogP contribution in [0.1, 0.15) is 0 Å². The van der Waals surface area contributed by atoms with E-state index in [0.29, 0.717) is 0 Å². The van der Waals surface area contributed by atoms with Crippen LogP contribution < -0.4 is 27.5 Å². The van der Waals surface area contributed by atoms with Crippen molar-refractivity contribution in [3.05, 3.63) is 0 Å². The normalized spacial score (nSPS) is 9.08. The topological polar surface area (TPSA) is 172 Å². The van der Waals surface area contributed by atoms with Crippen LogP contribution in [-0.2, 0) is 21.2 Å². The Balaban J connectivity index is -0.0000000267. The van der Waals surface area contributed by atoms with Gasteiger partial charge in [-0.15, -0.1) is 0 Å². The molecule has 0 radical (unpaired) electrons. The van der Waals surface area contributed by atoms with Gasteiger partial charge in [0.25, 0.3) is 0 Å². The molecule has 0 fully saturated rings. The molecule has 0 saturated heterocycles. The van der Waals surface area contributed by atoms with Crippen molar-refractivity contribution >= 4 is 122 Å². The van der Waals surface area contributed by atoms with Gasteiger partial charge in [0.15, 0.2) is 0 Å². The van der Waals surface area contributed by atoms with E-state index in [1.165, 1.54) is 0 Å². The van der Waals surface area contributed by atoms with Gasteiger partial charge in [0.1, 0.15) is 0 Å². The van der Waals surface area contributed by atoms with Gasteiger partial charge in [-0.2, -0.15) is 0 Å². The number of hydrogen-bond acceptors (Lipinski definition) is 8. The van der Waals surface area contributed by atoms with Gasteiger partial charge in [-0.25, -0.2) is 0 Å². The van der Waals surface area contributed by atoms with E-state index in [2.05, 4.69) is 0 Å². The van der Waals surface area contributed by atoms with Crippen LogP contribution in [0.4, 0.5) is 0 Å². The fourth-order valence-electron chi connectivity index (χ4n) is 0. The Labute approximate surface area is 167 Å². The molecule has 0 aliphatic rings. The van der Waals surface area contributed by atoms with Crippen molar-refractivity contribution in [3.8, 4) is 0 Å². The van der Waals surface area contributed by atoms with Crippen LogP contribution in [0.25, 0.3) is 0 Å².